The Morgan fingerprint density at radius 2 is 0.588 bits per heavy atom. The number of hydrogen-bond donors (Lipinski definition) is 11. The van der Waals surface area contributed by atoms with E-state index in [-0.39, 0.29) is 13.2 Å². The van der Waals surface area contributed by atoms with E-state index in [2.05, 4.69) is 30.8 Å². The molecule has 0 amide bonds. The van der Waals surface area contributed by atoms with Gasteiger partial charge in [-0.15, -0.1) is 0 Å². The molecule has 3 aliphatic rings. The van der Waals surface area contributed by atoms with Crippen molar-refractivity contribution in [1.82, 2.24) is 0 Å². The Morgan fingerprint density at radius 3 is 0.676 bits per heavy atom. The second-order valence-electron chi connectivity index (χ2n) is 8.23. The van der Waals surface area contributed by atoms with Crippen molar-refractivity contribution in [2.75, 3.05) is 19.8 Å². The molecule has 0 radical (unpaired) electrons. The molecule has 13 nitrogen and oxygen atoms in total. The van der Waals surface area contributed by atoms with E-state index in [1.807, 2.05) is 0 Å². The normalized spacial score (nSPS) is 27.4. The summed E-state index contributed by atoms with van der Waals surface area (Å²) in [6.07, 6.45) is 11.9. The van der Waals surface area contributed by atoms with Crippen LogP contribution in [0.15, 0.2) is 0 Å². The predicted octanol–water partition coefficient (Wildman–Crippen LogP) is 4.18. The van der Waals surface area contributed by atoms with E-state index in [0.717, 1.165) is 30.6 Å². The largest absolute Gasteiger partial charge is 0.396 e. The molecule has 3 rings (SSSR count). The van der Waals surface area contributed by atoms with E-state index in [4.69, 9.17) is 57.4 Å². The molecule has 0 saturated heterocycles. The summed E-state index contributed by atoms with van der Waals surface area (Å²) in [6, 6.07) is 0. The van der Waals surface area contributed by atoms with Gasteiger partial charge in [0.2, 0.25) is 0 Å². The maximum absolute atomic E-state index is 8.69. The first-order valence-corrected chi connectivity index (χ1v) is 11.6. The topological polar surface area (TPSA) is 241 Å². The van der Waals surface area contributed by atoms with Crippen molar-refractivity contribution in [3.63, 3.8) is 0 Å². The van der Waals surface area contributed by atoms with Crippen LogP contribution in [-0.2, 0) is 10.1 Å². The third kappa shape index (κ3) is 19.8. The fraction of sp³-hybridized carbons (Fsp3) is 1.00. The van der Waals surface area contributed by atoms with E-state index >= 15 is 0 Å². The van der Waals surface area contributed by atoms with E-state index in [9.17, 15) is 0 Å². The number of hydrogen-bond acceptors (Lipinski definition) is 13. The van der Waals surface area contributed by atoms with Gasteiger partial charge in [0, 0.05) is 19.8 Å². The van der Waals surface area contributed by atoms with Gasteiger partial charge in [0.05, 0.1) is 0 Å². The molecule has 0 aromatic heterocycles. The summed E-state index contributed by atoms with van der Waals surface area (Å²) in [4.78, 5) is 0. The first kappa shape index (κ1) is 40.6. The van der Waals surface area contributed by atoms with Crippen molar-refractivity contribution < 1.29 is 67.5 Å². The lowest BCUT2D eigenvalue weighted by Gasteiger charge is -2.35. The SMILES string of the molecule is CCC1CCC1CC.CCC1CCC1CO.OCC1CCC1CO.OO.OO.OOO.OOO. The van der Waals surface area contributed by atoms with Crippen LogP contribution in [0.5, 0.6) is 0 Å². The molecule has 0 aromatic rings. The quantitative estimate of drug-likeness (QED) is 0.178. The zero-order valence-electron chi connectivity index (χ0n) is 20.7. The lowest BCUT2D eigenvalue weighted by molar-refractivity contribution is -0.465. The summed E-state index contributed by atoms with van der Waals surface area (Å²) < 4.78 is 0. The van der Waals surface area contributed by atoms with Gasteiger partial charge >= 0.3 is 0 Å². The van der Waals surface area contributed by atoms with Crippen molar-refractivity contribution in [2.24, 2.45) is 35.5 Å². The molecular formula is C21H50O13. The first-order chi connectivity index (χ1) is 16.5. The predicted molar refractivity (Wildman–Crippen MR) is 124 cm³/mol. The average Bonchev–Trinajstić information content (AvgIpc) is 2.79. The van der Waals surface area contributed by atoms with Crippen LogP contribution in [0.4, 0.5) is 0 Å². The van der Waals surface area contributed by atoms with Crippen LogP contribution in [-0.4, -0.2) is 77.2 Å². The van der Waals surface area contributed by atoms with Crippen molar-refractivity contribution in [3.05, 3.63) is 0 Å². The van der Waals surface area contributed by atoms with Crippen molar-refractivity contribution in [1.29, 1.82) is 0 Å². The Balaban J connectivity index is -0.000000167. The zero-order valence-corrected chi connectivity index (χ0v) is 20.7. The van der Waals surface area contributed by atoms with E-state index in [1.165, 1.54) is 44.9 Å². The molecule has 6 unspecified atom stereocenters. The Kier molecular flexibility index (Phi) is 38.8. The number of rotatable bonds is 6. The Bertz CT molecular complexity index is 261. The highest BCUT2D eigenvalue weighted by Gasteiger charge is 2.29. The Labute approximate surface area is 202 Å². The first-order valence-electron chi connectivity index (χ1n) is 11.6. The fourth-order valence-electron chi connectivity index (χ4n) is 4.25. The molecule has 0 aliphatic heterocycles. The van der Waals surface area contributed by atoms with Crippen LogP contribution in [0.1, 0.15) is 78.6 Å². The van der Waals surface area contributed by atoms with Crippen LogP contribution < -0.4 is 0 Å². The standard InChI is InChI=1S/C8H16.C7H14O.C6H12O2.2H2O3.2H2O2/c1-3-7-5-6-8(7)4-2;1-2-6-3-4-7(6)5-8;7-3-5-1-2-6(5)4-8;2*1-3-2;2*1-2/h7-8H,3-6H2,1-2H3;6-8H,2-5H2,1H3;5-8H,1-4H2;2*1-2H;2*1-2H. The number of aliphatic hydroxyl groups excluding tert-OH is 3. The van der Waals surface area contributed by atoms with Gasteiger partial charge < -0.3 is 15.3 Å². The smallest absolute Gasteiger partial charge is 0.0462 e. The van der Waals surface area contributed by atoms with E-state index in [0.29, 0.717) is 24.4 Å². The van der Waals surface area contributed by atoms with Gasteiger partial charge in [-0.05, 0) is 74.0 Å². The lowest BCUT2D eigenvalue weighted by atomic mass is 9.71. The molecular weight excluding hydrogens is 460 g/mol. The third-order valence-electron chi connectivity index (χ3n) is 7.00. The Morgan fingerprint density at radius 1 is 0.441 bits per heavy atom. The van der Waals surface area contributed by atoms with Crippen LogP contribution in [0.3, 0.4) is 0 Å². The minimum absolute atomic E-state index is 0.255. The molecule has 0 spiro atoms. The highest BCUT2D eigenvalue weighted by molar-refractivity contribution is 4.79. The third-order valence-corrected chi connectivity index (χ3v) is 7.00. The maximum Gasteiger partial charge on any atom is 0.0462 e. The van der Waals surface area contributed by atoms with Gasteiger partial charge in [-0.1, -0.05) is 50.1 Å². The highest BCUT2D eigenvalue weighted by atomic mass is 17.4. The van der Waals surface area contributed by atoms with Gasteiger partial charge in [0.1, 0.15) is 0 Å². The summed E-state index contributed by atoms with van der Waals surface area (Å²) in [5, 5.41) is 80.8. The Hall–Kier alpha value is -0.520. The monoisotopic (exact) mass is 510 g/mol. The minimum atomic E-state index is 0.255. The summed E-state index contributed by atoms with van der Waals surface area (Å²) in [7, 11) is 0. The number of aliphatic hydroxyl groups is 3. The molecule has 212 valence electrons. The van der Waals surface area contributed by atoms with Gasteiger partial charge in [-0.2, -0.15) is 0 Å². The summed E-state index contributed by atoms with van der Waals surface area (Å²) in [6.45, 7) is 7.75. The molecule has 34 heavy (non-hydrogen) atoms. The second-order valence-corrected chi connectivity index (χ2v) is 8.23. The molecule has 11 N–H and O–H groups in total. The minimum Gasteiger partial charge on any atom is -0.396 e. The maximum atomic E-state index is 8.69. The van der Waals surface area contributed by atoms with E-state index < -0.39 is 0 Å². The van der Waals surface area contributed by atoms with Gasteiger partial charge in [-0.3, -0.25) is 21.0 Å². The van der Waals surface area contributed by atoms with Crippen molar-refractivity contribution in [3.8, 4) is 0 Å². The molecule has 0 heterocycles. The molecule has 13 heteroatoms. The molecule has 0 bridgehead atoms. The average molecular weight is 511 g/mol. The van der Waals surface area contributed by atoms with Crippen LogP contribution in [0.2, 0.25) is 0 Å². The molecule has 0 aromatic carbocycles. The highest BCUT2D eigenvalue weighted by Crippen LogP contribution is 2.38. The molecule has 3 aliphatic carbocycles. The fourth-order valence-corrected chi connectivity index (χ4v) is 4.25. The van der Waals surface area contributed by atoms with Crippen molar-refractivity contribution >= 4 is 0 Å². The molecule has 3 fully saturated rings. The lowest BCUT2D eigenvalue weighted by Crippen LogP contribution is -2.31. The van der Waals surface area contributed by atoms with Crippen LogP contribution in [0, 0.1) is 35.5 Å². The van der Waals surface area contributed by atoms with E-state index in [1.54, 1.807) is 0 Å². The summed E-state index contributed by atoms with van der Waals surface area (Å²) in [5.74, 6) is 4.50. The van der Waals surface area contributed by atoms with Crippen molar-refractivity contribution in [2.45, 2.75) is 78.6 Å². The van der Waals surface area contributed by atoms with Crippen LogP contribution >= 0.6 is 0 Å². The summed E-state index contributed by atoms with van der Waals surface area (Å²) >= 11 is 0. The van der Waals surface area contributed by atoms with Gasteiger partial charge in [0.25, 0.3) is 0 Å². The molecule has 3 saturated carbocycles. The van der Waals surface area contributed by atoms with Gasteiger partial charge in [-0.25, -0.2) is 21.0 Å². The van der Waals surface area contributed by atoms with Crippen LogP contribution in [0.25, 0.3) is 0 Å². The zero-order chi connectivity index (χ0) is 27.4. The second kappa shape index (κ2) is 32.5. The summed E-state index contributed by atoms with van der Waals surface area (Å²) in [5.41, 5.74) is 0. The van der Waals surface area contributed by atoms with Gasteiger partial charge in [0.15, 0.2) is 0 Å². The molecule has 6 atom stereocenters.